The van der Waals surface area contributed by atoms with Crippen molar-refractivity contribution in [3.05, 3.63) is 35.9 Å². The molecule has 0 radical (unpaired) electrons. The molecule has 0 aromatic heterocycles. The van der Waals surface area contributed by atoms with Gasteiger partial charge in [0, 0.05) is 45.8 Å². The van der Waals surface area contributed by atoms with Gasteiger partial charge in [0.2, 0.25) is 0 Å². The second kappa shape index (κ2) is 10.3. The highest BCUT2D eigenvalue weighted by Gasteiger charge is 2.25. The van der Waals surface area contributed by atoms with Crippen LogP contribution in [0.1, 0.15) is 24.8 Å². The van der Waals surface area contributed by atoms with E-state index in [0.717, 1.165) is 51.8 Å². The Balaban J connectivity index is 1.87. The molecule has 0 saturated carbocycles. The van der Waals surface area contributed by atoms with Crippen molar-refractivity contribution in [2.24, 2.45) is 4.99 Å². The summed E-state index contributed by atoms with van der Waals surface area (Å²) in [6.45, 7) is 8.65. The molecule has 1 fully saturated rings. The SMILES string of the molecule is CCNC(=NCCN(C)CCOC)N1CCC(c2ccccc2)C1. The molecular weight excluding hydrogens is 300 g/mol. The first kappa shape index (κ1) is 18.7. The van der Waals surface area contributed by atoms with Crippen molar-refractivity contribution in [3.63, 3.8) is 0 Å². The van der Waals surface area contributed by atoms with E-state index in [4.69, 9.17) is 9.73 Å². The Morgan fingerprint density at radius 1 is 1.33 bits per heavy atom. The first-order valence-electron chi connectivity index (χ1n) is 9.00. The number of aliphatic imine (C=N–C) groups is 1. The zero-order valence-corrected chi connectivity index (χ0v) is 15.4. The maximum Gasteiger partial charge on any atom is 0.193 e. The molecular formula is C19H32N4O. The molecule has 1 heterocycles. The standard InChI is InChI=1S/C19H32N4O/c1-4-20-19(21-11-13-22(2)14-15-24-3)23-12-10-18(16-23)17-8-6-5-7-9-17/h5-9,18H,4,10-16H2,1-3H3,(H,20,21). The normalized spacial score (nSPS) is 18.4. The number of methoxy groups -OCH3 is 1. The second-order valence-corrected chi connectivity index (χ2v) is 6.37. The third-order valence-corrected chi connectivity index (χ3v) is 4.51. The van der Waals surface area contributed by atoms with Crippen molar-refractivity contribution in [1.29, 1.82) is 0 Å². The summed E-state index contributed by atoms with van der Waals surface area (Å²) in [6, 6.07) is 10.8. The molecule has 2 rings (SSSR count). The minimum absolute atomic E-state index is 0.611. The van der Waals surface area contributed by atoms with Crippen LogP contribution in [0.5, 0.6) is 0 Å². The van der Waals surface area contributed by atoms with Gasteiger partial charge in [-0.15, -0.1) is 0 Å². The van der Waals surface area contributed by atoms with E-state index in [1.54, 1.807) is 7.11 Å². The highest BCUT2D eigenvalue weighted by Crippen LogP contribution is 2.26. The molecule has 1 N–H and O–H groups in total. The van der Waals surface area contributed by atoms with Gasteiger partial charge >= 0.3 is 0 Å². The molecule has 0 bridgehead atoms. The molecule has 5 heteroatoms. The molecule has 1 aromatic carbocycles. The lowest BCUT2D eigenvalue weighted by molar-refractivity contribution is 0.163. The van der Waals surface area contributed by atoms with E-state index in [9.17, 15) is 0 Å². The van der Waals surface area contributed by atoms with Crippen LogP contribution in [0.2, 0.25) is 0 Å². The fourth-order valence-electron chi connectivity index (χ4n) is 3.06. The average molecular weight is 332 g/mol. The first-order valence-corrected chi connectivity index (χ1v) is 9.00. The molecule has 0 spiro atoms. The second-order valence-electron chi connectivity index (χ2n) is 6.37. The molecule has 1 aliphatic rings. The number of likely N-dealkylation sites (tertiary alicyclic amines) is 1. The molecule has 134 valence electrons. The number of likely N-dealkylation sites (N-methyl/N-ethyl adjacent to an activating group) is 1. The Morgan fingerprint density at radius 2 is 2.12 bits per heavy atom. The summed E-state index contributed by atoms with van der Waals surface area (Å²) < 4.78 is 5.12. The fourth-order valence-corrected chi connectivity index (χ4v) is 3.06. The van der Waals surface area contributed by atoms with Crippen LogP contribution in [0.3, 0.4) is 0 Å². The highest BCUT2D eigenvalue weighted by molar-refractivity contribution is 5.80. The largest absolute Gasteiger partial charge is 0.383 e. The third kappa shape index (κ3) is 5.80. The summed E-state index contributed by atoms with van der Waals surface area (Å²) in [5.74, 6) is 1.66. The number of nitrogens with one attached hydrogen (secondary N) is 1. The fraction of sp³-hybridized carbons (Fsp3) is 0.632. The van der Waals surface area contributed by atoms with Gasteiger partial charge < -0.3 is 19.9 Å². The number of hydrogen-bond donors (Lipinski definition) is 1. The Bertz CT molecular complexity index is 491. The lowest BCUT2D eigenvalue weighted by Crippen LogP contribution is -2.40. The van der Waals surface area contributed by atoms with Crippen molar-refractivity contribution in [1.82, 2.24) is 15.1 Å². The van der Waals surface area contributed by atoms with Crippen molar-refractivity contribution < 1.29 is 4.74 Å². The van der Waals surface area contributed by atoms with E-state index in [1.807, 2.05) is 0 Å². The van der Waals surface area contributed by atoms with Crippen molar-refractivity contribution in [3.8, 4) is 0 Å². The molecule has 1 saturated heterocycles. The quantitative estimate of drug-likeness (QED) is 0.584. The molecule has 24 heavy (non-hydrogen) atoms. The van der Waals surface area contributed by atoms with Gasteiger partial charge in [-0.3, -0.25) is 4.99 Å². The van der Waals surface area contributed by atoms with Crippen LogP contribution >= 0.6 is 0 Å². The van der Waals surface area contributed by atoms with Crippen LogP contribution in [0, 0.1) is 0 Å². The molecule has 1 aromatic rings. The summed E-state index contributed by atoms with van der Waals surface area (Å²) in [4.78, 5) is 9.48. The zero-order chi connectivity index (χ0) is 17.2. The van der Waals surface area contributed by atoms with Crippen molar-refractivity contribution in [2.75, 3.05) is 60.0 Å². The lowest BCUT2D eigenvalue weighted by Gasteiger charge is -2.22. The first-order chi connectivity index (χ1) is 11.7. The van der Waals surface area contributed by atoms with Crippen LogP contribution in [0.4, 0.5) is 0 Å². The van der Waals surface area contributed by atoms with Crippen molar-refractivity contribution >= 4 is 5.96 Å². The van der Waals surface area contributed by atoms with Crippen LogP contribution < -0.4 is 5.32 Å². The van der Waals surface area contributed by atoms with Gasteiger partial charge in [-0.2, -0.15) is 0 Å². The average Bonchev–Trinajstić information content (AvgIpc) is 3.10. The van der Waals surface area contributed by atoms with Gasteiger partial charge in [0.1, 0.15) is 0 Å². The molecule has 0 amide bonds. The number of benzene rings is 1. The van der Waals surface area contributed by atoms with E-state index in [-0.39, 0.29) is 0 Å². The number of rotatable bonds is 8. The zero-order valence-electron chi connectivity index (χ0n) is 15.4. The van der Waals surface area contributed by atoms with E-state index in [2.05, 4.69) is 59.4 Å². The van der Waals surface area contributed by atoms with Crippen LogP contribution in [0.15, 0.2) is 35.3 Å². The van der Waals surface area contributed by atoms with E-state index in [0.29, 0.717) is 5.92 Å². The van der Waals surface area contributed by atoms with Crippen LogP contribution in [-0.2, 0) is 4.74 Å². The maximum atomic E-state index is 5.12. The monoisotopic (exact) mass is 332 g/mol. The minimum Gasteiger partial charge on any atom is -0.383 e. The molecule has 1 unspecified atom stereocenters. The molecule has 5 nitrogen and oxygen atoms in total. The van der Waals surface area contributed by atoms with E-state index < -0.39 is 0 Å². The Kier molecular flexibility index (Phi) is 8.05. The van der Waals surface area contributed by atoms with Gasteiger partial charge in [-0.1, -0.05) is 30.3 Å². The summed E-state index contributed by atoms with van der Waals surface area (Å²) in [7, 11) is 3.86. The van der Waals surface area contributed by atoms with Gasteiger partial charge in [0.05, 0.1) is 13.2 Å². The lowest BCUT2D eigenvalue weighted by atomic mass is 9.99. The summed E-state index contributed by atoms with van der Waals surface area (Å²) in [6.07, 6.45) is 1.20. The summed E-state index contributed by atoms with van der Waals surface area (Å²) >= 11 is 0. The highest BCUT2D eigenvalue weighted by atomic mass is 16.5. The van der Waals surface area contributed by atoms with Crippen LogP contribution in [0.25, 0.3) is 0 Å². The summed E-state index contributed by atoms with van der Waals surface area (Å²) in [5.41, 5.74) is 1.44. The topological polar surface area (TPSA) is 40.1 Å². The Morgan fingerprint density at radius 3 is 2.83 bits per heavy atom. The van der Waals surface area contributed by atoms with Crippen molar-refractivity contribution in [2.45, 2.75) is 19.3 Å². The number of guanidine groups is 1. The van der Waals surface area contributed by atoms with Gasteiger partial charge in [0.15, 0.2) is 5.96 Å². The maximum absolute atomic E-state index is 5.12. The predicted molar refractivity (Wildman–Crippen MR) is 101 cm³/mol. The molecule has 1 aliphatic heterocycles. The third-order valence-electron chi connectivity index (χ3n) is 4.51. The number of hydrogen-bond acceptors (Lipinski definition) is 3. The van der Waals surface area contributed by atoms with E-state index >= 15 is 0 Å². The number of ether oxygens (including phenoxy) is 1. The van der Waals surface area contributed by atoms with E-state index in [1.165, 1.54) is 12.0 Å². The minimum atomic E-state index is 0.611. The van der Waals surface area contributed by atoms with Gasteiger partial charge in [-0.05, 0) is 26.0 Å². The molecule has 0 aliphatic carbocycles. The molecule has 1 atom stereocenters. The smallest absolute Gasteiger partial charge is 0.193 e. The number of nitrogens with zero attached hydrogens (tertiary/aromatic N) is 3. The Labute approximate surface area is 146 Å². The van der Waals surface area contributed by atoms with Crippen LogP contribution in [-0.4, -0.2) is 75.8 Å². The van der Waals surface area contributed by atoms with Gasteiger partial charge in [0.25, 0.3) is 0 Å². The van der Waals surface area contributed by atoms with Gasteiger partial charge in [-0.25, -0.2) is 0 Å². The Hall–Kier alpha value is -1.59. The summed E-state index contributed by atoms with van der Waals surface area (Å²) in [5, 5.41) is 3.45. The predicted octanol–water partition coefficient (Wildman–Crippen LogP) is 2.02.